The third kappa shape index (κ3) is 5.19. The number of nitrogens with zero attached hydrogens (tertiary/aromatic N) is 1. The summed E-state index contributed by atoms with van der Waals surface area (Å²) in [7, 11) is 3.20. The highest BCUT2D eigenvalue weighted by Crippen LogP contribution is 2.39. The number of carbonyl (C=O) groups excluding carboxylic acids is 1. The molecule has 1 atom stereocenters. The number of rotatable bonds is 8. The summed E-state index contributed by atoms with van der Waals surface area (Å²) in [5, 5.41) is 4.05. The highest BCUT2D eigenvalue weighted by molar-refractivity contribution is 8.13. The van der Waals surface area contributed by atoms with E-state index in [-0.39, 0.29) is 5.97 Å². The Bertz CT molecular complexity index is 731. The summed E-state index contributed by atoms with van der Waals surface area (Å²) in [6.45, 7) is 6.14. The molecular formula is C20H28N2O4S. The molecule has 1 heterocycles. The van der Waals surface area contributed by atoms with Crippen LogP contribution in [0.25, 0.3) is 0 Å². The van der Waals surface area contributed by atoms with Gasteiger partial charge in [0.1, 0.15) is 17.5 Å². The van der Waals surface area contributed by atoms with Gasteiger partial charge in [0.2, 0.25) is 0 Å². The predicted octanol–water partition coefficient (Wildman–Crippen LogP) is 4.07. The summed E-state index contributed by atoms with van der Waals surface area (Å²) in [6.07, 6.45) is 2.23. The summed E-state index contributed by atoms with van der Waals surface area (Å²) in [6, 6.07) is 5.04. The van der Waals surface area contributed by atoms with Crippen molar-refractivity contribution in [3.63, 3.8) is 0 Å². The van der Waals surface area contributed by atoms with Crippen molar-refractivity contribution >= 4 is 22.9 Å². The van der Waals surface area contributed by atoms with Gasteiger partial charge in [-0.3, -0.25) is 0 Å². The highest BCUT2D eigenvalue weighted by atomic mass is 32.2. The Morgan fingerprint density at radius 1 is 1.26 bits per heavy atom. The lowest BCUT2D eigenvalue weighted by Gasteiger charge is -2.26. The van der Waals surface area contributed by atoms with Crippen molar-refractivity contribution in [3.8, 4) is 11.5 Å². The van der Waals surface area contributed by atoms with E-state index in [1.165, 1.54) is 0 Å². The number of unbranched alkanes of at least 4 members (excludes halogenated alkanes) is 1. The van der Waals surface area contributed by atoms with Crippen molar-refractivity contribution in [2.45, 2.75) is 39.7 Å². The molecule has 0 spiro atoms. The van der Waals surface area contributed by atoms with Crippen LogP contribution in [-0.2, 0) is 9.53 Å². The maximum Gasteiger partial charge on any atom is 0.338 e. The number of nitrogens with one attached hydrogen (secondary N) is 1. The topological polar surface area (TPSA) is 69.2 Å². The normalized spacial score (nSPS) is 16.5. The van der Waals surface area contributed by atoms with E-state index in [4.69, 9.17) is 19.2 Å². The minimum atomic E-state index is -0.490. The van der Waals surface area contributed by atoms with Crippen LogP contribution >= 0.6 is 11.8 Å². The van der Waals surface area contributed by atoms with E-state index in [0.717, 1.165) is 35.0 Å². The quantitative estimate of drug-likeness (QED) is 0.531. The first-order chi connectivity index (χ1) is 13.0. The van der Waals surface area contributed by atoms with E-state index in [2.05, 4.69) is 12.2 Å². The zero-order valence-corrected chi connectivity index (χ0v) is 17.4. The molecule has 1 aromatic carbocycles. The van der Waals surface area contributed by atoms with Crippen molar-refractivity contribution < 1.29 is 19.0 Å². The molecule has 0 fully saturated rings. The average Bonchev–Trinajstić information content (AvgIpc) is 2.67. The summed E-state index contributed by atoms with van der Waals surface area (Å²) >= 11 is 1.66. The third-order valence-electron chi connectivity index (χ3n) is 4.19. The first-order valence-corrected chi connectivity index (χ1v) is 10.1. The van der Waals surface area contributed by atoms with Crippen LogP contribution in [0, 0.1) is 0 Å². The number of amidine groups is 1. The van der Waals surface area contributed by atoms with Crippen LogP contribution in [0.15, 0.2) is 34.5 Å². The molecule has 27 heavy (non-hydrogen) atoms. The number of methoxy groups -OCH3 is 2. The van der Waals surface area contributed by atoms with Gasteiger partial charge in [-0.05, 0) is 32.4 Å². The van der Waals surface area contributed by atoms with Gasteiger partial charge < -0.3 is 19.5 Å². The van der Waals surface area contributed by atoms with Gasteiger partial charge in [0, 0.05) is 23.1 Å². The fourth-order valence-electron chi connectivity index (χ4n) is 2.78. The Labute approximate surface area is 165 Å². The number of hydrogen-bond donors (Lipinski definition) is 1. The number of allylic oxidation sites excluding steroid dienone is 1. The molecule has 1 aromatic rings. The smallest absolute Gasteiger partial charge is 0.338 e. The Morgan fingerprint density at radius 3 is 2.67 bits per heavy atom. The molecule has 0 saturated carbocycles. The van der Waals surface area contributed by atoms with Crippen LogP contribution in [0.5, 0.6) is 11.5 Å². The molecule has 0 unspecified atom stereocenters. The summed E-state index contributed by atoms with van der Waals surface area (Å²) in [5.41, 5.74) is 2.06. The van der Waals surface area contributed by atoms with Gasteiger partial charge in [-0.25, -0.2) is 9.79 Å². The first-order valence-electron chi connectivity index (χ1n) is 9.13. The SMILES string of the molecule is CCCCSC1=N[C@@H](c2ccc(OC)cc2OC)C(C(=O)OCC)=C(C)N1. The lowest BCUT2D eigenvalue weighted by Crippen LogP contribution is -2.30. The molecule has 6 nitrogen and oxygen atoms in total. The Morgan fingerprint density at radius 2 is 2.04 bits per heavy atom. The molecule has 0 amide bonds. The molecule has 1 N–H and O–H groups in total. The van der Waals surface area contributed by atoms with Crippen molar-refractivity contribution in [1.82, 2.24) is 5.32 Å². The monoisotopic (exact) mass is 392 g/mol. The molecule has 0 saturated heterocycles. The fourth-order valence-corrected chi connectivity index (χ4v) is 3.81. The predicted molar refractivity (Wildman–Crippen MR) is 110 cm³/mol. The summed E-state index contributed by atoms with van der Waals surface area (Å²) in [4.78, 5) is 17.4. The van der Waals surface area contributed by atoms with Crippen LogP contribution in [-0.4, -0.2) is 37.7 Å². The Hall–Kier alpha value is -2.15. The minimum Gasteiger partial charge on any atom is -0.497 e. The van der Waals surface area contributed by atoms with Crippen molar-refractivity contribution in [2.75, 3.05) is 26.6 Å². The van der Waals surface area contributed by atoms with Crippen molar-refractivity contribution in [1.29, 1.82) is 0 Å². The number of ether oxygens (including phenoxy) is 3. The van der Waals surface area contributed by atoms with Gasteiger partial charge in [0.25, 0.3) is 0 Å². The molecule has 148 valence electrons. The number of thioether (sulfide) groups is 1. The Balaban J connectivity index is 2.46. The second-order valence-electron chi connectivity index (χ2n) is 6.03. The fraction of sp³-hybridized carbons (Fsp3) is 0.500. The van der Waals surface area contributed by atoms with E-state index in [1.54, 1.807) is 39.0 Å². The minimum absolute atomic E-state index is 0.309. The van der Waals surface area contributed by atoms with Gasteiger partial charge in [-0.2, -0.15) is 0 Å². The third-order valence-corrected chi connectivity index (χ3v) is 5.16. The first kappa shape index (κ1) is 21.2. The van der Waals surface area contributed by atoms with Crippen molar-refractivity contribution in [3.05, 3.63) is 35.0 Å². The van der Waals surface area contributed by atoms with Gasteiger partial charge in [0.15, 0.2) is 5.17 Å². The zero-order valence-electron chi connectivity index (χ0n) is 16.6. The highest BCUT2D eigenvalue weighted by Gasteiger charge is 2.32. The second-order valence-corrected chi connectivity index (χ2v) is 7.11. The number of carbonyl (C=O) groups is 1. The lowest BCUT2D eigenvalue weighted by atomic mass is 9.95. The van der Waals surface area contributed by atoms with Crippen LogP contribution < -0.4 is 14.8 Å². The van der Waals surface area contributed by atoms with Crippen LogP contribution in [0.2, 0.25) is 0 Å². The number of benzene rings is 1. The number of aliphatic imine (C=N–C) groups is 1. The largest absolute Gasteiger partial charge is 0.497 e. The van der Waals surface area contributed by atoms with E-state index >= 15 is 0 Å². The molecule has 7 heteroatoms. The van der Waals surface area contributed by atoms with Gasteiger partial charge in [-0.1, -0.05) is 25.1 Å². The Kier molecular flexibility index (Phi) is 8.03. The maximum absolute atomic E-state index is 12.6. The standard InChI is InChI=1S/C20H28N2O4S/c1-6-8-11-27-20-21-13(3)17(19(23)26-7-2)18(22-20)15-10-9-14(24-4)12-16(15)25-5/h9-10,12,18H,6-8,11H2,1-5H3,(H,21,22)/t18-/m0/s1. The van der Waals surface area contributed by atoms with E-state index in [9.17, 15) is 4.79 Å². The zero-order chi connectivity index (χ0) is 19.8. The number of hydrogen-bond acceptors (Lipinski definition) is 7. The summed E-state index contributed by atoms with van der Waals surface area (Å²) in [5.74, 6) is 1.91. The van der Waals surface area contributed by atoms with Gasteiger partial charge >= 0.3 is 5.97 Å². The van der Waals surface area contributed by atoms with Crippen LogP contribution in [0.1, 0.15) is 45.2 Å². The maximum atomic E-state index is 12.6. The molecule has 0 aliphatic carbocycles. The second kappa shape index (κ2) is 10.3. The molecule has 0 bridgehead atoms. The molecular weight excluding hydrogens is 364 g/mol. The van der Waals surface area contributed by atoms with E-state index in [1.807, 2.05) is 19.1 Å². The van der Waals surface area contributed by atoms with E-state index in [0.29, 0.717) is 23.7 Å². The van der Waals surface area contributed by atoms with Gasteiger partial charge in [0.05, 0.1) is 26.4 Å². The molecule has 1 aliphatic heterocycles. The average molecular weight is 393 g/mol. The lowest BCUT2D eigenvalue weighted by molar-refractivity contribution is -0.138. The van der Waals surface area contributed by atoms with Crippen LogP contribution in [0.3, 0.4) is 0 Å². The van der Waals surface area contributed by atoms with Crippen molar-refractivity contribution in [2.24, 2.45) is 4.99 Å². The number of esters is 1. The molecule has 1 aliphatic rings. The summed E-state index contributed by atoms with van der Waals surface area (Å²) < 4.78 is 16.1. The van der Waals surface area contributed by atoms with Gasteiger partial charge in [-0.15, -0.1) is 0 Å². The van der Waals surface area contributed by atoms with E-state index < -0.39 is 6.04 Å². The molecule has 2 rings (SSSR count). The van der Waals surface area contributed by atoms with Crippen LogP contribution in [0.4, 0.5) is 0 Å². The molecule has 0 radical (unpaired) electrons. The molecule has 0 aromatic heterocycles.